The quantitative estimate of drug-likeness (QED) is 0.815. The third-order valence-electron chi connectivity index (χ3n) is 3.85. The first-order valence-corrected chi connectivity index (χ1v) is 7.15. The van der Waals surface area contributed by atoms with E-state index in [9.17, 15) is 9.90 Å². The average molecular weight is 298 g/mol. The van der Waals surface area contributed by atoms with Crippen LogP contribution in [0.15, 0.2) is 48.5 Å². The van der Waals surface area contributed by atoms with Crippen molar-refractivity contribution in [2.75, 3.05) is 12.4 Å². The fourth-order valence-electron chi connectivity index (χ4n) is 2.80. The number of aliphatic hydroxyl groups excluding tert-OH is 1. The number of hydrogen-bond acceptors (Lipinski definition) is 3. The number of urea groups is 1. The molecule has 0 aromatic heterocycles. The molecule has 2 aromatic rings. The normalized spacial score (nSPS) is 19.4. The van der Waals surface area contributed by atoms with Gasteiger partial charge in [0, 0.05) is 6.42 Å². The highest BCUT2D eigenvalue weighted by Gasteiger charge is 2.31. The lowest BCUT2D eigenvalue weighted by atomic mass is 10.1. The average Bonchev–Trinajstić information content (AvgIpc) is 2.84. The highest BCUT2D eigenvalue weighted by molar-refractivity contribution is 5.91. The number of carbonyl (C=O) groups excluding carboxylic acids is 1. The number of fused-ring (bicyclic) bond motifs is 1. The van der Waals surface area contributed by atoms with Crippen LogP contribution in [-0.2, 0) is 6.42 Å². The number of amides is 2. The van der Waals surface area contributed by atoms with Crippen molar-refractivity contribution in [2.45, 2.75) is 18.6 Å². The van der Waals surface area contributed by atoms with E-state index < -0.39 is 12.1 Å². The van der Waals surface area contributed by atoms with Crippen molar-refractivity contribution < 1.29 is 14.6 Å². The van der Waals surface area contributed by atoms with Crippen molar-refractivity contribution in [3.8, 4) is 5.75 Å². The Balaban J connectivity index is 1.72. The van der Waals surface area contributed by atoms with E-state index in [0.717, 1.165) is 11.1 Å². The van der Waals surface area contributed by atoms with Crippen molar-refractivity contribution in [2.24, 2.45) is 0 Å². The SMILES string of the molecule is COc1ccccc1NC(=O)N[C@H]1c2ccccc2C[C@H]1O. The van der Waals surface area contributed by atoms with Gasteiger partial charge in [0.2, 0.25) is 0 Å². The van der Waals surface area contributed by atoms with Crippen molar-refractivity contribution in [3.05, 3.63) is 59.7 Å². The van der Waals surface area contributed by atoms with Gasteiger partial charge in [-0.2, -0.15) is 0 Å². The first kappa shape index (κ1) is 14.4. The van der Waals surface area contributed by atoms with Gasteiger partial charge in [-0.25, -0.2) is 4.79 Å². The number of hydrogen-bond donors (Lipinski definition) is 3. The van der Waals surface area contributed by atoms with Crippen LogP contribution in [-0.4, -0.2) is 24.4 Å². The summed E-state index contributed by atoms with van der Waals surface area (Å²) in [6.07, 6.45) is -0.0590. The molecule has 1 aliphatic rings. The van der Waals surface area contributed by atoms with Crippen molar-refractivity contribution in [1.29, 1.82) is 0 Å². The van der Waals surface area contributed by atoms with E-state index in [1.165, 1.54) is 0 Å². The minimum atomic E-state index is -0.610. The molecule has 0 heterocycles. The van der Waals surface area contributed by atoms with Crippen molar-refractivity contribution >= 4 is 11.7 Å². The Hall–Kier alpha value is -2.53. The number of aliphatic hydroxyl groups is 1. The van der Waals surface area contributed by atoms with E-state index in [1.807, 2.05) is 36.4 Å². The third kappa shape index (κ3) is 2.76. The molecule has 1 aliphatic carbocycles. The summed E-state index contributed by atoms with van der Waals surface area (Å²) >= 11 is 0. The van der Waals surface area contributed by atoms with Crippen LogP contribution in [0.3, 0.4) is 0 Å². The van der Waals surface area contributed by atoms with Gasteiger partial charge < -0.3 is 20.5 Å². The van der Waals surface area contributed by atoms with Crippen LogP contribution in [0.1, 0.15) is 17.2 Å². The molecule has 2 aromatic carbocycles. The topological polar surface area (TPSA) is 70.6 Å². The second-order valence-electron chi connectivity index (χ2n) is 5.25. The van der Waals surface area contributed by atoms with Crippen molar-refractivity contribution in [1.82, 2.24) is 5.32 Å². The second-order valence-corrected chi connectivity index (χ2v) is 5.25. The molecule has 0 unspecified atom stereocenters. The molecule has 22 heavy (non-hydrogen) atoms. The molecule has 3 rings (SSSR count). The Morgan fingerprint density at radius 1 is 1.18 bits per heavy atom. The Kier molecular flexibility index (Phi) is 3.98. The lowest BCUT2D eigenvalue weighted by molar-refractivity contribution is 0.144. The van der Waals surface area contributed by atoms with Crippen LogP contribution in [0.25, 0.3) is 0 Å². The molecule has 0 radical (unpaired) electrons. The Morgan fingerprint density at radius 2 is 1.91 bits per heavy atom. The number of ether oxygens (including phenoxy) is 1. The molecule has 3 N–H and O–H groups in total. The van der Waals surface area contributed by atoms with E-state index in [-0.39, 0.29) is 6.03 Å². The molecule has 0 fully saturated rings. The lowest BCUT2D eigenvalue weighted by Crippen LogP contribution is -2.36. The molecule has 114 valence electrons. The smallest absolute Gasteiger partial charge is 0.319 e. The van der Waals surface area contributed by atoms with E-state index in [0.29, 0.717) is 17.9 Å². The third-order valence-corrected chi connectivity index (χ3v) is 3.85. The number of anilines is 1. The first-order valence-electron chi connectivity index (χ1n) is 7.15. The van der Waals surface area contributed by atoms with Crippen LogP contribution in [0, 0.1) is 0 Å². The molecule has 2 atom stereocenters. The maximum absolute atomic E-state index is 12.2. The first-order chi connectivity index (χ1) is 10.7. The van der Waals surface area contributed by atoms with Crippen LogP contribution >= 0.6 is 0 Å². The van der Waals surface area contributed by atoms with Gasteiger partial charge in [-0.05, 0) is 23.3 Å². The van der Waals surface area contributed by atoms with Gasteiger partial charge in [0.15, 0.2) is 0 Å². The van der Waals surface area contributed by atoms with Crippen molar-refractivity contribution in [3.63, 3.8) is 0 Å². The Morgan fingerprint density at radius 3 is 2.73 bits per heavy atom. The summed E-state index contributed by atoms with van der Waals surface area (Å²) in [6, 6.07) is 14.2. The molecule has 0 bridgehead atoms. The van der Waals surface area contributed by atoms with E-state index in [4.69, 9.17) is 4.74 Å². The molecule has 0 saturated heterocycles. The minimum absolute atomic E-state index is 0.370. The molecular formula is C17H18N2O3. The zero-order valence-corrected chi connectivity index (χ0v) is 12.2. The zero-order chi connectivity index (χ0) is 15.5. The molecular weight excluding hydrogens is 280 g/mol. The summed E-state index contributed by atoms with van der Waals surface area (Å²) in [4.78, 5) is 12.2. The predicted octanol–water partition coefficient (Wildman–Crippen LogP) is 2.48. The van der Waals surface area contributed by atoms with Crippen LogP contribution in [0.2, 0.25) is 0 Å². The van der Waals surface area contributed by atoms with Gasteiger partial charge in [-0.3, -0.25) is 0 Å². The minimum Gasteiger partial charge on any atom is -0.495 e. The number of benzene rings is 2. The summed E-state index contributed by atoms with van der Waals surface area (Å²) in [5, 5.41) is 15.7. The van der Waals surface area contributed by atoms with Gasteiger partial charge in [0.1, 0.15) is 5.75 Å². The number of carbonyl (C=O) groups is 1. The standard InChI is InChI=1S/C17H18N2O3/c1-22-15-9-5-4-8-13(15)18-17(21)19-16-12-7-3-2-6-11(12)10-14(16)20/h2-9,14,16,20H,10H2,1H3,(H2,18,19,21)/t14-,16+/m1/s1. The van der Waals surface area contributed by atoms with E-state index in [2.05, 4.69) is 10.6 Å². The van der Waals surface area contributed by atoms with E-state index >= 15 is 0 Å². The van der Waals surface area contributed by atoms with Crippen LogP contribution in [0.4, 0.5) is 10.5 Å². The van der Waals surface area contributed by atoms with Gasteiger partial charge in [-0.1, -0.05) is 36.4 Å². The molecule has 2 amide bonds. The zero-order valence-electron chi connectivity index (χ0n) is 12.2. The van der Waals surface area contributed by atoms with Crippen LogP contribution < -0.4 is 15.4 Å². The van der Waals surface area contributed by atoms with Gasteiger partial charge in [-0.15, -0.1) is 0 Å². The summed E-state index contributed by atoms with van der Waals surface area (Å²) in [5.74, 6) is 0.588. The fourth-order valence-corrected chi connectivity index (χ4v) is 2.80. The highest BCUT2D eigenvalue weighted by atomic mass is 16.5. The molecule has 5 nitrogen and oxygen atoms in total. The van der Waals surface area contributed by atoms with Crippen LogP contribution in [0.5, 0.6) is 5.75 Å². The van der Waals surface area contributed by atoms with Gasteiger partial charge >= 0.3 is 6.03 Å². The summed E-state index contributed by atoms with van der Waals surface area (Å²) in [5.41, 5.74) is 2.62. The summed E-state index contributed by atoms with van der Waals surface area (Å²) in [7, 11) is 1.55. The largest absolute Gasteiger partial charge is 0.495 e. The van der Waals surface area contributed by atoms with Gasteiger partial charge in [0.05, 0.1) is 24.9 Å². The fraction of sp³-hybridized carbons (Fsp3) is 0.235. The maximum Gasteiger partial charge on any atom is 0.319 e. The Labute approximate surface area is 128 Å². The summed E-state index contributed by atoms with van der Waals surface area (Å²) in [6.45, 7) is 0. The number of methoxy groups -OCH3 is 1. The number of para-hydroxylation sites is 2. The monoisotopic (exact) mass is 298 g/mol. The Bertz CT molecular complexity index is 687. The number of rotatable bonds is 3. The number of nitrogens with one attached hydrogen (secondary N) is 2. The maximum atomic E-state index is 12.2. The van der Waals surface area contributed by atoms with E-state index in [1.54, 1.807) is 19.2 Å². The molecule has 0 spiro atoms. The molecule has 0 saturated carbocycles. The van der Waals surface area contributed by atoms with Gasteiger partial charge in [0.25, 0.3) is 0 Å². The molecule has 0 aliphatic heterocycles. The highest BCUT2D eigenvalue weighted by Crippen LogP contribution is 2.31. The predicted molar refractivity (Wildman–Crippen MR) is 84.0 cm³/mol. The summed E-state index contributed by atoms with van der Waals surface area (Å²) < 4.78 is 5.20. The lowest BCUT2D eigenvalue weighted by Gasteiger charge is -2.19. The second kappa shape index (κ2) is 6.07. The molecule has 5 heteroatoms.